The Balaban J connectivity index is 1.57. The van der Waals surface area contributed by atoms with Gasteiger partial charge in [0, 0.05) is 17.7 Å². The first-order valence-corrected chi connectivity index (χ1v) is 10.7. The van der Waals surface area contributed by atoms with Gasteiger partial charge in [-0.2, -0.15) is 0 Å². The molecule has 5 rings (SSSR count). The van der Waals surface area contributed by atoms with Gasteiger partial charge in [-0.15, -0.1) is 0 Å². The number of ketones is 1. The summed E-state index contributed by atoms with van der Waals surface area (Å²) in [6.07, 6.45) is 1.30. The number of allylic oxidation sites excluding steroid dienone is 1. The van der Waals surface area contributed by atoms with Crippen molar-refractivity contribution in [3.05, 3.63) is 101 Å². The maximum absolute atomic E-state index is 13.5. The SMILES string of the molecule is COc1ccc([C@@H]2CC(=O)C3=C(C2)Nc2ccccc2N[C@H]3c2ccc(C)cc2)cc1. The lowest BCUT2D eigenvalue weighted by molar-refractivity contribution is -0.116. The smallest absolute Gasteiger partial charge is 0.163 e. The van der Waals surface area contributed by atoms with E-state index in [1.807, 2.05) is 24.3 Å². The molecule has 0 amide bonds. The molecule has 0 spiro atoms. The molecule has 31 heavy (non-hydrogen) atoms. The zero-order chi connectivity index (χ0) is 21.4. The molecule has 0 unspecified atom stereocenters. The van der Waals surface area contributed by atoms with Crippen LogP contribution in [0.4, 0.5) is 11.4 Å². The van der Waals surface area contributed by atoms with Gasteiger partial charge in [-0.3, -0.25) is 4.79 Å². The minimum atomic E-state index is -0.170. The zero-order valence-corrected chi connectivity index (χ0v) is 17.8. The summed E-state index contributed by atoms with van der Waals surface area (Å²) in [6.45, 7) is 2.08. The molecule has 0 aromatic heterocycles. The molecule has 156 valence electrons. The van der Waals surface area contributed by atoms with Crippen molar-refractivity contribution in [2.75, 3.05) is 17.7 Å². The molecule has 1 aliphatic heterocycles. The first kappa shape index (κ1) is 19.4. The number of aryl methyl sites for hydroxylation is 1. The predicted octanol–water partition coefficient (Wildman–Crippen LogP) is 5.98. The van der Waals surface area contributed by atoms with Crippen LogP contribution in [0.3, 0.4) is 0 Å². The third-order valence-corrected chi connectivity index (χ3v) is 6.31. The highest BCUT2D eigenvalue weighted by molar-refractivity contribution is 6.01. The fourth-order valence-corrected chi connectivity index (χ4v) is 4.61. The van der Waals surface area contributed by atoms with Crippen molar-refractivity contribution < 1.29 is 9.53 Å². The number of carbonyl (C=O) groups is 1. The van der Waals surface area contributed by atoms with E-state index in [1.54, 1.807) is 7.11 Å². The fraction of sp³-hybridized carbons (Fsp3) is 0.222. The van der Waals surface area contributed by atoms with Gasteiger partial charge in [0.25, 0.3) is 0 Å². The lowest BCUT2D eigenvalue weighted by atomic mass is 9.78. The highest BCUT2D eigenvalue weighted by Crippen LogP contribution is 2.44. The minimum Gasteiger partial charge on any atom is -0.497 e. The number of hydrogen-bond donors (Lipinski definition) is 2. The summed E-state index contributed by atoms with van der Waals surface area (Å²) >= 11 is 0. The second-order valence-corrected chi connectivity index (χ2v) is 8.35. The Morgan fingerprint density at radius 3 is 2.23 bits per heavy atom. The summed E-state index contributed by atoms with van der Waals surface area (Å²) in [6, 6.07) is 24.5. The highest BCUT2D eigenvalue weighted by atomic mass is 16.5. The van der Waals surface area contributed by atoms with E-state index in [1.165, 1.54) is 11.1 Å². The largest absolute Gasteiger partial charge is 0.497 e. The Hall–Kier alpha value is -3.53. The third-order valence-electron chi connectivity index (χ3n) is 6.31. The van der Waals surface area contributed by atoms with Crippen LogP contribution >= 0.6 is 0 Å². The number of nitrogens with one attached hydrogen (secondary N) is 2. The number of anilines is 2. The van der Waals surface area contributed by atoms with E-state index >= 15 is 0 Å². The van der Waals surface area contributed by atoms with Crippen LogP contribution in [0.1, 0.15) is 41.5 Å². The Labute approximate surface area is 183 Å². The summed E-state index contributed by atoms with van der Waals surface area (Å²) < 4.78 is 5.29. The van der Waals surface area contributed by atoms with Gasteiger partial charge in [-0.05, 0) is 54.7 Å². The van der Waals surface area contributed by atoms with Gasteiger partial charge in [0.05, 0.1) is 24.5 Å². The van der Waals surface area contributed by atoms with Crippen LogP contribution in [0, 0.1) is 6.92 Å². The molecule has 4 heteroatoms. The van der Waals surface area contributed by atoms with Crippen molar-refractivity contribution >= 4 is 17.2 Å². The van der Waals surface area contributed by atoms with E-state index in [2.05, 4.69) is 66.1 Å². The van der Waals surface area contributed by atoms with Crippen molar-refractivity contribution in [1.29, 1.82) is 0 Å². The van der Waals surface area contributed by atoms with E-state index in [0.29, 0.717) is 6.42 Å². The predicted molar refractivity (Wildman–Crippen MR) is 125 cm³/mol. The first-order valence-electron chi connectivity index (χ1n) is 10.7. The first-order chi connectivity index (χ1) is 15.1. The second-order valence-electron chi connectivity index (χ2n) is 8.35. The molecular weight excluding hydrogens is 384 g/mol. The van der Waals surface area contributed by atoms with Crippen molar-refractivity contribution in [1.82, 2.24) is 0 Å². The van der Waals surface area contributed by atoms with Gasteiger partial charge < -0.3 is 15.4 Å². The number of methoxy groups -OCH3 is 1. The van der Waals surface area contributed by atoms with Crippen LogP contribution in [0.15, 0.2) is 84.1 Å². The van der Waals surface area contributed by atoms with Gasteiger partial charge >= 0.3 is 0 Å². The number of hydrogen-bond acceptors (Lipinski definition) is 4. The molecule has 0 saturated carbocycles. The van der Waals surface area contributed by atoms with E-state index in [9.17, 15) is 4.79 Å². The topological polar surface area (TPSA) is 50.4 Å². The molecule has 1 heterocycles. The molecule has 0 bridgehead atoms. The van der Waals surface area contributed by atoms with Crippen molar-refractivity contribution in [2.24, 2.45) is 0 Å². The summed E-state index contributed by atoms with van der Waals surface area (Å²) in [5.74, 6) is 1.17. The van der Waals surface area contributed by atoms with Crippen molar-refractivity contribution in [2.45, 2.75) is 31.7 Å². The van der Waals surface area contributed by atoms with Crippen LogP contribution in [-0.4, -0.2) is 12.9 Å². The highest BCUT2D eigenvalue weighted by Gasteiger charge is 2.35. The molecule has 2 atom stereocenters. The molecule has 1 aliphatic carbocycles. The quantitative estimate of drug-likeness (QED) is 0.557. The molecule has 3 aromatic carbocycles. The van der Waals surface area contributed by atoms with Gasteiger partial charge in [-0.25, -0.2) is 0 Å². The Morgan fingerprint density at radius 2 is 1.52 bits per heavy atom. The zero-order valence-electron chi connectivity index (χ0n) is 17.8. The van der Waals surface area contributed by atoms with Crippen LogP contribution in [0.25, 0.3) is 0 Å². The molecule has 4 nitrogen and oxygen atoms in total. The van der Waals surface area contributed by atoms with Crippen LogP contribution in [-0.2, 0) is 4.79 Å². The second kappa shape index (κ2) is 7.95. The number of carbonyl (C=O) groups excluding carboxylic acids is 1. The lowest BCUT2D eigenvalue weighted by Crippen LogP contribution is -2.26. The van der Waals surface area contributed by atoms with Gasteiger partial charge in [-0.1, -0.05) is 54.1 Å². The summed E-state index contributed by atoms with van der Waals surface area (Å²) in [7, 11) is 1.67. The summed E-state index contributed by atoms with van der Waals surface area (Å²) in [5.41, 5.74) is 7.36. The number of benzene rings is 3. The number of Topliss-reactive ketones (excluding diaryl/α,β-unsaturated/α-hetero) is 1. The van der Waals surface area contributed by atoms with E-state index in [-0.39, 0.29) is 17.7 Å². The number of rotatable bonds is 3. The summed E-state index contributed by atoms with van der Waals surface area (Å²) in [5, 5.41) is 7.23. The van der Waals surface area contributed by atoms with E-state index < -0.39 is 0 Å². The fourth-order valence-electron chi connectivity index (χ4n) is 4.61. The van der Waals surface area contributed by atoms with Crippen LogP contribution in [0.2, 0.25) is 0 Å². The number of para-hydroxylation sites is 2. The molecule has 0 fully saturated rings. The normalized spacial score (nSPS) is 20.1. The standard InChI is InChI=1S/C27H26N2O2/c1-17-7-9-19(10-8-17)27-26-24(28-22-5-3-4-6-23(22)29-27)15-20(16-25(26)30)18-11-13-21(31-2)14-12-18/h3-14,20,27-29H,15-16H2,1-2H3/t20-,27-/m0/s1. The average Bonchev–Trinajstić information content (AvgIpc) is 2.96. The van der Waals surface area contributed by atoms with Crippen LogP contribution in [0.5, 0.6) is 5.75 Å². The molecule has 2 aliphatic rings. The van der Waals surface area contributed by atoms with Crippen LogP contribution < -0.4 is 15.4 Å². The maximum atomic E-state index is 13.5. The maximum Gasteiger partial charge on any atom is 0.163 e. The van der Waals surface area contributed by atoms with Gasteiger partial charge in [0.1, 0.15) is 5.75 Å². The van der Waals surface area contributed by atoms with Crippen molar-refractivity contribution in [3.63, 3.8) is 0 Å². The average molecular weight is 411 g/mol. The number of fused-ring (bicyclic) bond motifs is 1. The molecular formula is C27H26N2O2. The monoisotopic (exact) mass is 410 g/mol. The van der Waals surface area contributed by atoms with E-state index in [0.717, 1.165) is 40.4 Å². The minimum absolute atomic E-state index is 0.147. The van der Waals surface area contributed by atoms with E-state index in [4.69, 9.17) is 4.74 Å². The third kappa shape index (κ3) is 3.70. The van der Waals surface area contributed by atoms with Gasteiger partial charge in [0.15, 0.2) is 5.78 Å². The molecule has 0 radical (unpaired) electrons. The number of ether oxygens (including phenoxy) is 1. The Kier molecular flexibility index (Phi) is 4.99. The Bertz CT molecular complexity index is 1150. The molecule has 0 saturated heterocycles. The molecule has 2 N–H and O–H groups in total. The summed E-state index contributed by atoms with van der Waals surface area (Å²) in [4.78, 5) is 13.5. The molecule has 3 aromatic rings. The van der Waals surface area contributed by atoms with Gasteiger partial charge in [0.2, 0.25) is 0 Å². The lowest BCUT2D eigenvalue weighted by Gasteiger charge is -2.30. The van der Waals surface area contributed by atoms with Crippen molar-refractivity contribution in [3.8, 4) is 5.75 Å². The Morgan fingerprint density at radius 1 is 0.839 bits per heavy atom.